The van der Waals surface area contributed by atoms with Crippen molar-refractivity contribution in [2.24, 2.45) is 0 Å². The lowest BCUT2D eigenvalue weighted by atomic mass is 10.3. The van der Waals surface area contributed by atoms with E-state index in [1.807, 2.05) is 0 Å². The van der Waals surface area contributed by atoms with Crippen LogP contribution >= 0.6 is 0 Å². The molecule has 15 heavy (non-hydrogen) atoms. The highest BCUT2D eigenvalue weighted by Crippen LogP contribution is 2.25. The molecule has 1 aliphatic heterocycles. The second-order valence-electron chi connectivity index (χ2n) is 2.53. The molecule has 82 valence electrons. The van der Waals surface area contributed by atoms with Crippen molar-refractivity contribution >= 4 is 20.8 Å². The Balaban J connectivity index is 2.61. The summed E-state index contributed by atoms with van der Waals surface area (Å²) >= 11 is 0. The van der Waals surface area contributed by atoms with E-state index in [1.165, 1.54) is 18.2 Å². The maximum atomic E-state index is 10.9. The molecule has 0 amide bonds. The van der Waals surface area contributed by atoms with Gasteiger partial charge in [0.25, 0.3) is 0 Å². The van der Waals surface area contributed by atoms with Gasteiger partial charge in [-0.1, -0.05) is 9.70 Å². The summed E-state index contributed by atoms with van der Waals surface area (Å²) in [6.45, 7) is 0. The van der Waals surface area contributed by atoms with Crippen LogP contribution in [0, 0.1) is 0 Å². The summed E-state index contributed by atoms with van der Waals surface area (Å²) in [5, 5.41) is 0. The fraction of sp³-hybridized carbons (Fsp3) is 0. The first kappa shape index (κ1) is 10.2. The molecule has 0 saturated carbocycles. The highest BCUT2D eigenvalue weighted by Gasteiger charge is 2.29. The third kappa shape index (κ3) is 2.37. The molecule has 0 aromatic heterocycles. The molecular weight excluding hydrogens is 248 g/mol. The Hall–Kier alpha value is -1.32. The summed E-state index contributed by atoms with van der Waals surface area (Å²) in [6, 6.07) is 5.11. The van der Waals surface area contributed by atoms with E-state index in [0.29, 0.717) is 0 Å². The van der Waals surface area contributed by atoms with Gasteiger partial charge < -0.3 is 8.37 Å². The molecule has 0 unspecified atom stereocenters. The summed E-state index contributed by atoms with van der Waals surface area (Å²) in [6.07, 6.45) is 0. The summed E-state index contributed by atoms with van der Waals surface area (Å²) in [5.41, 5.74) is 0. The van der Waals surface area contributed by atoms with Gasteiger partial charge in [0.05, 0.1) is 0 Å². The van der Waals surface area contributed by atoms with Crippen LogP contribution in [0.25, 0.3) is 0 Å². The molecule has 0 atom stereocenters. The molecule has 1 aliphatic rings. The lowest BCUT2D eigenvalue weighted by Gasteiger charge is -2.12. The molecule has 1 aromatic carbocycles. The molecule has 2 bridgehead atoms. The smallest absolute Gasteiger partial charge is 0.361 e. The Bertz CT molecular complexity index is 536. The van der Waals surface area contributed by atoms with Gasteiger partial charge in [-0.15, -0.1) is 0 Å². The third-order valence-corrected chi connectivity index (χ3v) is 3.50. The van der Waals surface area contributed by atoms with Crippen molar-refractivity contribution in [2.45, 2.75) is 0 Å². The first-order valence-corrected chi connectivity index (χ1v) is 6.23. The van der Waals surface area contributed by atoms with Crippen LogP contribution < -0.4 is 8.37 Å². The molecule has 7 nitrogen and oxygen atoms in total. The molecule has 0 fully saturated rings. The largest absolute Gasteiger partial charge is 0.466 e. The van der Waals surface area contributed by atoms with Gasteiger partial charge in [-0.25, -0.2) is 0 Å². The van der Waals surface area contributed by atoms with Crippen LogP contribution in [0.1, 0.15) is 0 Å². The second kappa shape index (κ2) is 3.08. The predicted octanol–water partition coefficient (Wildman–Crippen LogP) is -0.0360. The van der Waals surface area contributed by atoms with Crippen molar-refractivity contribution < 1.29 is 28.8 Å². The molecule has 0 aliphatic carbocycles. The first-order chi connectivity index (χ1) is 6.86. The molecule has 0 spiro atoms. The second-order valence-corrected chi connectivity index (χ2v) is 5.04. The Morgan fingerprint density at radius 3 is 1.80 bits per heavy atom. The summed E-state index contributed by atoms with van der Waals surface area (Å²) in [4.78, 5) is 0. The molecule has 1 heterocycles. The van der Waals surface area contributed by atoms with Crippen molar-refractivity contribution in [1.82, 2.24) is 0 Å². The molecule has 0 saturated heterocycles. The quantitative estimate of drug-likeness (QED) is 0.639. The van der Waals surface area contributed by atoms with E-state index in [0.717, 1.165) is 6.07 Å². The molecule has 2 rings (SSSR count). The van der Waals surface area contributed by atoms with E-state index in [2.05, 4.69) is 12.0 Å². The minimum atomic E-state index is -4.66. The van der Waals surface area contributed by atoms with Crippen molar-refractivity contribution in [3.8, 4) is 11.5 Å². The Morgan fingerprint density at radius 1 is 0.867 bits per heavy atom. The average molecular weight is 252 g/mol. The third-order valence-electron chi connectivity index (χ3n) is 1.37. The maximum absolute atomic E-state index is 10.9. The van der Waals surface area contributed by atoms with Crippen LogP contribution in [0.5, 0.6) is 11.5 Å². The van der Waals surface area contributed by atoms with Crippen LogP contribution in [-0.2, 0) is 24.4 Å². The Labute approximate surface area is 85.9 Å². The van der Waals surface area contributed by atoms with Crippen molar-refractivity contribution in [3.63, 3.8) is 0 Å². The molecule has 0 radical (unpaired) electrons. The van der Waals surface area contributed by atoms with Crippen molar-refractivity contribution in [3.05, 3.63) is 24.3 Å². The summed E-state index contributed by atoms with van der Waals surface area (Å²) in [5.74, 6) is -0.190. The van der Waals surface area contributed by atoms with Gasteiger partial charge >= 0.3 is 20.8 Å². The number of hydrogen-bond donors (Lipinski definition) is 0. The van der Waals surface area contributed by atoms with Crippen LogP contribution in [-0.4, -0.2) is 16.8 Å². The van der Waals surface area contributed by atoms with Crippen LogP contribution in [0.4, 0.5) is 0 Å². The summed E-state index contributed by atoms with van der Waals surface area (Å²) in [7, 11) is -9.32. The maximum Gasteiger partial charge on any atom is 0.466 e. The van der Waals surface area contributed by atoms with E-state index in [-0.39, 0.29) is 11.5 Å². The lowest BCUT2D eigenvalue weighted by Crippen LogP contribution is -2.23. The van der Waals surface area contributed by atoms with E-state index >= 15 is 0 Å². The molecule has 1 aromatic rings. The number of hydrogen-bond acceptors (Lipinski definition) is 7. The Morgan fingerprint density at radius 2 is 1.33 bits per heavy atom. The zero-order chi connectivity index (χ0) is 11.1. The average Bonchev–Trinajstić information content (AvgIpc) is 1.97. The zero-order valence-electron chi connectivity index (χ0n) is 6.98. The van der Waals surface area contributed by atoms with E-state index in [1.54, 1.807) is 0 Å². The van der Waals surface area contributed by atoms with Gasteiger partial charge in [0, 0.05) is 6.07 Å². The van der Waals surface area contributed by atoms with Crippen LogP contribution in [0.3, 0.4) is 0 Å². The van der Waals surface area contributed by atoms with E-state index in [9.17, 15) is 16.8 Å². The van der Waals surface area contributed by atoms with Crippen molar-refractivity contribution in [1.29, 1.82) is 0 Å². The highest BCUT2D eigenvalue weighted by atomic mass is 32.3. The SMILES string of the molecule is O=S1(=O)Oc2cccc(c2)OS(=O)(=O)O1. The minimum Gasteiger partial charge on any atom is -0.361 e. The van der Waals surface area contributed by atoms with Gasteiger partial charge in [-0.05, 0) is 12.1 Å². The van der Waals surface area contributed by atoms with Crippen molar-refractivity contribution in [2.75, 3.05) is 0 Å². The summed E-state index contributed by atoms with van der Waals surface area (Å²) < 4.78 is 56.1. The monoisotopic (exact) mass is 252 g/mol. The highest BCUT2D eigenvalue weighted by molar-refractivity contribution is 7.95. The van der Waals surface area contributed by atoms with E-state index in [4.69, 9.17) is 0 Å². The zero-order valence-corrected chi connectivity index (χ0v) is 8.62. The predicted molar refractivity (Wildman–Crippen MR) is 46.6 cm³/mol. The van der Waals surface area contributed by atoms with Crippen LogP contribution in [0.2, 0.25) is 0 Å². The molecular formula is C6H4O7S2. The number of rotatable bonds is 0. The standard InChI is InChI=1S/C6H4O7S2/c7-14(8)11-5-2-1-3-6(4-5)12-15(9,10)13-14/h1-4H. The van der Waals surface area contributed by atoms with Gasteiger partial charge in [0.2, 0.25) is 0 Å². The van der Waals surface area contributed by atoms with Gasteiger partial charge in [-0.3, -0.25) is 0 Å². The normalized spacial score (nSPS) is 21.6. The van der Waals surface area contributed by atoms with Gasteiger partial charge in [-0.2, -0.15) is 16.8 Å². The van der Waals surface area contributed by atoms with Gasteiger partial charge in [0.15, 0.2) is 0 Å². The minimum absolute atomic E-state index is 0.0950. The first-order valence-electron chi connectivity index (χ1n) is 3.56. The lowest BCUT2D eigenvalue weighted by molar-refractivity contribution is 0.344. The number of fused-ring (bicyclic) bond motifs is 2. The van der Waals surface area contributed by atoms with E-state index < -0.39 is 20.8 Å². The number of benzene rings is 1. The topological polar surface area (TPSA) is 96.0 Å². The van der Waals surface area contributed by atoms with Crippen LogP contribution in [0.15, 0.2) is 24.3 Å². The molecule has 9 heteroatoms. The fourth-order valence-electron chi connectivity index (χ4n) is 0.943. The molecule has 0 N–H and O–H groups in total. The van der Waals surface area contributed by atoms with Gasteiger partial charge in [0.1, 0.15) is 11.5 Å². The fourth-order valence-corrected chi connectivity index (χ4v) is 2.66. The Kier molecular flexibility index (Phi) is 2.10.